The third-order valence-electron chi connectivity index (χ3n) is 4.47. The van der Waals surface area contributed by atoms with Crippen molar-refractivity contribution >= 4 is 38.9 Å². The van der Waals surface area contributed by atoms with Gasteiger partial charge in [0.15, 0.2) is 0 Å². The van der Waals surface area contributed by atoms with Crippen LogP contribution in [0.1, 0.15) is 28.8 Å². The fourth-order valence-corrected chi connectivity index (χ4v) is 4.91. The van der Waals surface area contributed by atoms with Crippen LogP contribution in [0.3, 0.4) is 0 Å². The maximum atomic E-state index is 12.5. The highest BCUT2D eigenvalue weighted by molar-refractivity contribution is 7.18. The van der Waals surface area contributed by atoms with Gasteiger partial charge < -0.3 is 10.2 Å². The van der Waals surface area contributed by atoms with Crippen molar-refractivity contribution in [2.45, 2.75) is 25.2 Å². The highest BCUT2D eigenvalue weighted by Gasteiger charge is 2.26. The van der Waals surface area contributed by atoms with E-state index in [9.17, 15) is 4.79 Å². The second kappa shape index (κ2) is 7.49. The van der Waals surface area contributed by atoms with Crippen LogP contribution in [-0.4, -0.2) is 40.5 Å². The molecule has 7 heteroatoms. The summed E-state index contributed by atoms with van der Waals surface area (Å²) in [6.07, 6.45) is 4.72. The first kappa shape index (κ1) is 16.5. The molecule has 1 aliphatic heterocycles. The lowest BCUT2D eigenvalue weighted by Crippen LogP contribution is -2.45. The predicted molar refractivity (Wildman–Crippen MR) is 102 cm³/mol. The van der Waals surface area contributed by atoms with E-state index >= 15 is 0 Å². The molecule has 1 atom stereocenters. The average molecular weight is 373 g/mol. The van der Waals surface area contributed by atoms with Gasteiger partial charge in [-0.2, -0.15) is 0 Å². The molecule has 3 aromatic rings. The van der Waals surface area contributed by atoms with Crippen molar-refractivity contribution in [3.63, 3.8) is 0 Å². The van der Waals surface area contributed by atoms with Crippen LogP contribution in [0.15, 0.2) is 35.8 Å². The molecule has 130 valence electrons. The molecule has 1 aromatic carbocycles. The standard InChI is InChI=1S/C18H20N4OS2/c23-18(20-8-7-16-19-9-11-24-16)22-10-3-4-13(12-22)17-21-14-5-1-2-6-15(14)25-17/h1-2,5-6,9,11,13H,3-4,7-8,10,12H2,(H,20,23). The third-order valence-corrected chi connectivity index (χ3v) is 6.51. The molecule has 3 heterocycles. The Bertz CT molecular complexity index is 813. The van der Waals surface area contributed by atoms with Gasteiger partial charge in [-0.05, 0) is 25.0 Å². The summed E-state index contributed by atoms with van der Waals surface area (Å²) in [6, 6.07) is 8.27. The zero-order chi connectivity index (χ0) is 17.1. The first-order chi connectivity index (χ1) is 12.3. The number of carbonyl (C=O) groups excluding carboxylic acids is 1. The van der Waals surface area contributed by atoms with Crippen molar-refractivity contribution in [3.05, 3.63) is 45.9 Å². The van der Waals surface area contributed by atoms with Crippen LogP contribution in [-0.2, 0) is 6.42 Å². The van der Waals surface area contributed by atoms with E-state index in [-0.39, 0.29) is 6.03 Å². The molecule has 2 amide bonds. The molecule has 25 heavy (non-hydrogen) atoms. The van der Waals surface area contributed by atoms with E-state index in [4.69, 9.17) is 4.98 Å². The number of nitrogens with zero attached hydrogens (tertiary/aromatic N) is 3. The van der Waals surface area contributed by atoms with Gasteiger partial charge in [0.05, 0.1) is 20.2 Å². The Balaban J connectivity index is 1.36. The van der Waals surface area contributed by atoms with Crippen LogP contribution in [0.25, 0.3) is 10.2 Å². The summed E-state index contributed by atoms with van der Waals surface area (Å²) in [4.78, 5) is 23.4. The fraction of sp³-hybridized carbons (Fsp3) is 0.389. The normalized spacial score (nSPS) is 17.8. The summed E-state index contributed by atoms with van der Waals surface area (Å²) in [7, 11) is 0. The Labute approximate surface area is 154 Å². The van der Waals surface area contributed by atoms with Gasteiger partial charge in [-0.25, -0.2) is 14.8 Å². The number of hydrogen-bond donors (Lipinski definition) is 1. The Kier molecular flexibility index (Phi) is 4.94. The molecule has 1 N–H and O–H groups in total. The lowest BCUT2D eigenvalue weighted by atomic mass is 9.99. The molecule has 0 spiro atoms. The second-order valence-corrected chi connectivity index (χ2v) is 8.25. The average Bonchev–Trinajstić information content (AvgIpc) is 3.31. The number of carbonyl (C=O) groups is 1. The predicted octanol–water partition coefficient (Wildman–Crippen LogP) is 3.88. The van der Waals surface area contributed by atoms with E-state index in [2.05, 4.69) is 22.4 Å². The van der Waals surface area contributed by atoms with E-state index in [0.717, 1.165) is 47.9 Å². The number of fused-ring (bicyclic) bond motifs is 1. The van der Waals surface area contributed by atoms with E-state index in [1.54, 1.807) is 28.9 Å². The smallest absolute Gasteiger partial charge is 0.317 e. The van der Waals surface area contributed by atoms with Crippen LogP contribution < -0.4 is 5.32 Å². The van der Waals surface area contributed by atoms with E-state index in [0.29, 0.717) is 12.5 Å². The Morgan fingerprint density at radius 1 is 1.36 bits per heavy atom. The quantitative estimate of drug-likeness (QED) is 0.756. The Morgan fingerprint density at radius 3 is 3.12 bits per heavy atom. The minimum absolute atomic E-state index is 0.0300. The molecule has 4 rings (SSSR count). The van der Waals surface area contributed by atoms with Gasteiger partial charge in [-0.3, -0.25) is 0 Å². The van der Waals surface area contributed by atoms with Crippen LogP contribution in [0.2, 0.25) is 0 Å². The number of nitrogens with one attached hydrogen (secondary N) is 1. The minimum atomic E-state index is 0.0300. The zero-order valence-electron chi connectivity index (χ0n) is 13.9. The van der Waals surface area contributed by atoms with Crippen molar-refractivity contribution in [2.75, 3.05) is 19.6 Å². The van der Waals surface area contributed by atoms with Crippen molar-refractivity contribution in [2.24, 2.45) is 0 Å². The number of rotatable bonds is 4. The van der Waals surface area contributed by atoms with Crippen LogP contribution in [0.4, 0.5) is 4.79 Å². The SMILES string of the molecule is O=C(NCCc1nccs1)N1CCCC(c2nc3ccccc3s2)C1. The minimum Gasteiger partial charge on any atom is -0.338 e. The number of hydrogen-bond acceptors (Lipinski definition) is 5. The van der Waals surface area contributed by atoms with Gasteiger partial charge in [-0.15, -0.1) is 22.7 Å². The van der Waals surface area contributed by atoms with Crippen molar-refractivity contribution in [1.29, 1.82) is 0 Å². The lowest BCUT2D eigenvalue weighted by molar-refractivity contribution is 0.180. The highest BCUT2D eigenvalue weighted by Crippen LogP contribution is 2.32. The molecule has 5 nitrogen and oxygen atoms in total. The summed E-state index contributed by atoms with van der Waals surface area (Å²) in [5.41, 5.74) is 1.06. The zero-order valence-corrected chi connectivity index (χ0v) is 15.5. The van der Waals surface area contributed by atoms with Gasteiger partial charge in [0, 0.05) is 43.5 Å². The number of para-hydroxylation sites is 1. The molecule has 0 saturated carbocycles. The number of likely N-dealkylation sites (tertiary alicyclic amines) is 1. The highest BCUT2D eigenvalue weighted by atomic mass is 32.1. The number of piperidine rings is 1. The van der Waals surface area contributed by atoms with Gasteiger partial charge >= 0.3 is 6.03 Å². The largest absolute Gasteiger partial charge is 0.338 e. The van der Waals surface area contributed by atoms with Crippen LogP contribution >= 0.6 is 22.7 Å². The van der Waals surface area contributed by atoms with Gasteiger partial charge in [0.25, 0.3) is 0 Å². The first-order valence-corrected chi connectivity index (χ1v) is 10.3. The molecule has 0 bridgehead atoms. The lowest BCUT2D eigenvalue weighted by Gasteiger charge is -2.31. The molecule has 1 fully saturated rings. The van der Waals surface area contributed by atoms with Crippen molar-refractivity contribution in [1.82, 2.24) is 20.2 Å². The van der Waals surface area contributed by atoms with Crippen LogP contribution in [0, 0.1) is 0 Å². The second-order valence-electron chi connectivity index (χ2n) is 6.21. The molecule has 1 saturated heterocycles. The Morgan fingerprint density at radius 2 is 2.28 bits per heavy atom. The number of urea groups is 1. The number of aromatic nitrogens is 2. The first-order valence-electron chi connectivity index (χ1n) is 8.56. The molecule has 1 aliphatic rings. The molecule has 0 radical (unpaired) electrons. The van der Waals surface area contributed by atoms with Gasteiger partial charge in [-0.1, -0.05) is 12.1 Å². The maximum absolute atomic E-state index is 12.5. The van der Waals surface area contributed by atoms with Crippen molar-refractivity contribution in [3.8, 4) is 0 Å². The van der Waals surface area contributed by atoms with E-state index < -0.39 is 0 Å². The van der Waals surface area contributed by atoms with Gasteiger partial charge in [0.2, 0.25) is 0 Å². The molecule has 0 aliphatic carbocycles. The summed E-state index contributed by atoms with van der Waals surface area (Å²) in [5, 5.41) is 7.20. The monoisotopic (exact) mass is 372 g/mol. The van der Waals surface area contributed by atoms with Crippen molar-refractivity contribution < 1.29 is 4.79 Å². The van der Waals surface area contributed by atoms with E-state index in [1.807, 2.05) is 22.4 Å². The summed E-state index contributed by atoms with van der Waals surface area (Å²) in [6.45, 7) is 2.21. The number of benzene rings is 1. The third kappa shape index (κ3) is 3.82. The molecular weight excluding hydrogens is 352 g/mol. The Hall–Kier alpha value is -1.99. The summed E-state index contributed by atoms with van der Waals surface area (Å²) in [5.74, 6) is 0.343. The molecule has 2 aromatic heterocycles. The van der Waals surface area contributed by atoms with E-state index in [1.165, 1.54) is 4.70 Å². The topological polar surface area (TPSA) is 58.1 Å². The summed E-state index contributed by atoms with van der Waals surface area (Å²) < 4.78 is 1.22. The van der Waals surface area contributed by atoms with Crippen LogP contribution in [0.5, 0.6) is 0 Å². The maximum Gasteiger partial charge on any atom is 0.317 e. The summed E-state index contributed by atoms with van der Waals surface area (Å²) >= 11 is 3.38. The van der Waals surface area contributed by atoms with Gasteiger partial charge in [0.1, 0.15) is 0 Å². The fourth-order valence-electron chi connectivity index (χ4n) is 3.19. The molecule has 1 unspecified atom stereocenters. The molecular formula is C18H20N4OS2. The number of amides is 2. The number of thiazole rings is 2.